The lowest BCUT2D eigenvalue weighted by Crippen LogP contribution is -2.18. The Kier molecular flexibility index (Phi) is 11.7. The van der Waals surface area contributed by atoms with Gasteiger partial charge in [0.05, 0.1) is 6.10 Å². The summed E-state index contributed by atoms with van der Waals surface area (Å²) in [7, 11) is 0. The normalized spacial score (nSPS) is 13.7. The molecule has 0 aromatic carbocycles. The van der Waals surface area contributed by atoms with Crippen molar-refractivity contribution in [2.45, 2.75) is 111 Å². The molecule has 0 saturated carbocycles. The second-order valence-electron chi connectivity index (χ2n) is 7.15. The van der Waals surface area contributed by atoms with Crippen LogP contribution < -0.4 is 0 Å². The monoisotopic (exact) mass is 270 g/mol. The molecule has 0 aromatic heterocycles. The molecular formula is C18H38O. The van der Waals surface area contributed by atoms with E-state index in [0.29, 0.717) is 5.41 Å². The zero-order valence-electron chi connectivity index (χ0n) is 14.0. The molecule has 0 heterocycles. The fourth-order valence-electron chi connectivity index (χ4n) is 2.99. The van der Waals surface area contributed by atoms with Crippen LogP contribution in [0.2, 0.25) is 0 Å². The maximum atomic E-state index is 9.45. The maximum absolute atomic E-state index is 9.45. The van der Waals surface area contributed by atoms with Crippen LogP contribution in [0.15, 0.2) is 0 Å². The van der Waals surface area contributed by atoms with Gasteiger partial charge in [-0.15, -0.1) is 0 Å². The number of rotatable bonds is 13. The average molecular weight is 271 g/mol. The molecular weight excluding hydrogens is 232 g/mol. The summed E-state index contributed by atoms with van der Waals surface area (Å²) in [6.07, 6.45) is 16.1. The van der Waals surface area contributed by atoms with Crippen LogP contribution in [0, 0.1) is 5.41 Å². The lowest BCUT2D eigenvalue weighted by atomic mass is 9.82. The Morgan fingerprint density at radius 2 is 1.21 bits per heavy atom. The lowest BCUT2D eigenvalue weighted by Gasteiger charge is -2.26. The van der Waals surface area contributed by atoms with Crippen LogP contribution in [-0.4, -0.2) is 11.2 Å². The van der Waals surface area contributed by atoms with E-state index in [0.717, 1.165) is 6.42 Å². The third-order valence-corrected chi connectivity index (χ3v) is 4.06. The van der Waals surface area contributed by atoms with E-state index in [1.54, 1.807) is 0 Å². The summed E-state index contributed by atoms with van der Waals surface area (Å²) in [5.74, 6) is 0. The summed E-state index contributed by atoms with van der Waals surface area (Å²) in [5, 5.41) is 9.45. The minimum absolute atomic E-state index is 0.155. The van der Waals surface area contributed by atoms with Crippen LogP contribution in [0.3, 0.4) is 0 Å². The van der Waals surface area contributed by atoms with Gasteiger partial charge in [-0.2, -0.15) is 0 Å². The van der Waals surface area contributed by atoms with E-state index in [4.69, 9.17) is 0 Å². The molecule has 0 spiro atoms. The summed E-state index contributed by atoms with van der Waals surface area (Å²) in [6, 6.07) is 0. The third kappa shape index (κ3) is 14.2. The number of aliphatic hydroxyl groups is 1. The quantitative estimate of drug-likeness (QED) is 0.401. The topological polar surface area (TPSA) is 20.2 Å². The summed E-state index contributed by atoms with van der Waals surface area (Å²) in [5.41, 5.74) is 0.314. The summed E-state index contributed by atoms with van der Waals surface area (Å²) < 4.78 is 0. The Morgan fingerprint density at radius 1 is 0.789 bits per heavy atom. The highest BCUT2D eigenvalue weighted by Crippen LogP contribution is 2.29. The predicted molar refractivity (Wildman–Crippen MR) is 86.5 cm³/mol. The molecule has 0 aliphatic rings. The zero-order chi connectivity index (χ0) is 14.6. The Balaban J connectivity index is 3.26. The fourth-order valence-corrected chi connectivity index (χ4v) is 2.99. The van der Waals surface area contributed by atoms with Gasteiger partial charge in [-0.1, -0.05) is 85.0 Å². The van der Waals surface area contributed by atoms with Crippen molar-refractivity contribution in [2.75, 3.05) is 0 Å². The van der Waals surface area contributed by atoms with Gasteiger partial charge < -0.3 is 5.11 Å². The smallest absolute Gasteiger partial charge is 0.0517 e. The molecule has 19 heavy (non-hydrogen) atoms. The van der Waals surface area contributed by atoms with Gasteiger partial charge in [0, 0.05) is 0 Å². The minimum Gasteiger partial charge on any atom is -0.393 e. The molecule has 0 aromatic rings. The standard InChI is InChI=1S/C18H38O/c1-5-6-7-8-9-10-11-12-13-14-15-18(3,4)16-17(2)19/h17,19H,5-16H2,1-4H3. The molecule has 0 amide bonds. The van der Waals surface area contributed by atoms with Gasteiger partial charge >= 0.3 is 0 Å². The highest BCUT2D eigenvalue weighted by Gasteiger charge is 2.19. The average Bonchev–Trinajstić information content (AvgIpc) is 2.30. The van der Waals surface area contributed by atoms with Crippen molar-refractivity contribution < 1.29 is 5.11 Å². The Bertz CT molecular complexity index is 184. The first-order valence-corrected chi connectivity index (χ1v) is 8.66. The molecule has 0 fully saturated rings. The lowest BCUT2D eigenvalue weighted by molar-refractivity contribution is 0.123. The van der Waals surface area contributed by atoms with Gasteiger partial charge in [-0.3, -0.25) is 0 Å². The minimum atomic E-state index is -0.155. The first-order chi connectivity index (χ1) is 8.98. The van der Waals surface area contributed by atoms with Gasteiger partial charge in [-0.25, -0.2) is 0 Å². The molecule has 1 unspecified atom stereocenters. The fraction of sp³-hybridized carbons (Fsp3) is 1.00. The molecule has 0 bridgehead atoms. The van der Waals surface area contributed by atoms with Crippen molar-refractivity contribution in [3.05, 3.63) is 0 Å². The van der Waals surface area contributed by atoms with Crippen molar-refractivity contribution in [2.24, 2.45) is 5.41 Å². The molecule has 1 heteroatoms. The Hall–Kier alpha value is -0.0400. The first-order valence-electron chi connectivity index (χ1n) is 8.66. The third-order valence-electron chi connectivity index (χ3n) is 4.06. The molecule has 0 rings (SSSR count). The Labute approximate surface area is 122 Å². The van der Waals surface area contributed by atoms with E-state index in [1.165, 1.54) is 70.6 Å². The number of hydrogen-bond acceptors (Lipinski definition) is 1. The van der Waals surface area contributed by atoms with E-state index in [2.05, 4.69) is 20.8 Å². The molecule has 116 valence electrons. The number of unbranched alkanes of at least 4 members (excludes halogenated alkanes) is 9. The molecule has 1 nitrogen and oxygen atoms in total. The SMILES string of the molecule is CCCCCCCCCCCCC(C)(C)CC(C)O. The second kappa shape index (κ2) is 11.8. The van der Waals surface area contributed by atoms with Crippen LogP contribution in [0.5, 0.6) is 0 Å². The van der Waals surface area contributed by atoms with E-state index >= 15 is 0 Å². The van der Waals surface area contributed by atoms with Crippen molar-refractivity contribution in [1.82, 2.24) is 0 Å². The van der Waals surface area contributed by atoms with Gasteiger partial charge in [0.15, 0.2) is 0 Å². The van der Waals surface area contributed by atoms with E-state index in [1.807, 2.05) is 6.92 Å². The van der Waals surface area contributed by atoms with Crippen molar-refractivity contribution >= 4 is 0 Å². The van der Waals surface area contributed by atoms with E-state index < -0.39 is 0 Å². The summed E-state index contributed by atoms with van der Waals surface area (Å²) >= 11 is 0. The van der Waals surface area contributed by atoms with Crippen LogP contribution in [0.1, 0.15) is 105 Å². The van der Waals surface area contributed by atoms with Gasteiger partial charge in [0.2, 0.25) is 0 Å². The highest BCUT2D eigenvalue weighted by molar-refractivity contribution is 4.71. The van der Waals surface area contributed by atoms with Crippen LogP contribution in [0.25, 0.3) is 0 Å². The van der Waals surface area contributed by atoms with Crippen molar-refractivity contribution in [1.29, 1.82) is 0 Å². The molecule has 0 aliphatic heterocycles. The number of aliphatic hydroxyl groups excluding tert-OH is 1. The summed E-state index contributed by atoms with van der Waals surface area (Å²) in [4.78, 5) is 0. The first kappa shape index (κ1) is 19.0. The van der Waals surface area contributed by atoms with Gasteiger partial charge in [0.1, 0.15) is 0 Å². The van der Waals surface area contributed by atoms with Crippen molar-refractivity contribution in [3.8, 4) is 0 Å². The van der Waals surface area contributed by atoms with Gasteiger partial charge in [-0.05, 0) is 25.2 Å². The van der Waals surface area contributed by atoms with Gasteiger partial charge in [0.25, 0.3) is 0 Å². The van der Waals surface area contributed by atoms with E-state index in [-0.39, 0.29) is 6.10 Å². The molecule has 0 radical (unpaired) electrons. The molecule has 0 aliphatic carbocycles. The van der Waals surface area contributed by atoms with E-state index in [9.17, 15) is 5.11 Å². The predicted octanol–water partition coefficient (Wildman–Crippen LogP) is 6.09. The Morgan fingerprint density at radius 3 is 1.63 bits per heavy atom. The molecule has 1 N–H and O–H groups in total. The molecule has 0 saturated heterocycles. The molecule has 1 atom stereocenters. The van der Waals surface area contributed by atoms with Crippen LogP contribution >= 0.6 is 0 Å². The number of hydrogen-bond donors (Lipinski definition) is 1. The zero-order valence-corrected chi connectivity index (χ0v) is 14.0. The highest BCUT2D eigenvalue weighted by atomic mass is 16.3. The van der Waals surface area contributed by atoms with Crippen LogP contribution in [-0.2, 0) is 0 Å². The maximum Gasteiger partial charge on any atom is 0.0517 e. The van der Waals surface area contributed by atoms with Crippen LogP contribution in [0.4, 0.5) is 0 Å². The van der Waals surface area contributed by atoms with Crippen molar-refractivity contribution in [3.63, 3.8) is 0 Å². The largest absolute Gasteiger partial charge is 0.393 e. The second-order valence-corrected chi connectivity index (χ2v) is 7.15. The summed E-state index contributed by atoms with van der Waals surface area (Å²) in [6.45, 7) is 8.75.